The number of methoxy groups -OCH3 is 1. The van der Waals surface area contributed by atoms with Gasteiger partial charge < -0.3 is 14.8 Å². The smallest absolute Gasteiger partial charge is 0.341 e. The molecule has 1 N–H and O–H groups in total. The number of thiophene rings is 1. The number of aryl methyl sites for hydroxylation is 1. The molecule has 0 saturated carbocycles. The molecular weight excluding hydrogens is 442 g/mol. The van der Waals surface area contributed by atoms with Crippen LogP contribution in [0.1, 0.15) is 57.8 Å². The number of hydrogen-bond acceptors (Lipinski definition) is 5. The molecule has 1 aromatic heterocycles. The Kier molecular flexibility index (Phi) is 6.78. The quantitative estimate of drug-likeness (QED) is 0.574. The van der Waals surface area contributed by atoms with Gasteiger partial charge in [0.15, 0.2) is 0 Å². The zero-order chi connectivity index (χ0) is 20.3. The van der Waals surface area contributed by atoms with Crippen molar-refractivity contribution in [3.63, 3.8) is 0 Å². The van der Waals surface area contributed by atoms with E-state index in [0.29, 0.717) is 34.4 Å². The maximum atomic E-state index is 13.1. The van der Waals surface area contributed by atoms with Gasteiger partial charge in [-0.1, -0.05) is 29.8 Å². The predicted molar refractivity (Wildman–Crippen MR) is 115 cm³/mol. The number of benzene rings is 1. The van der Waals surface area contributed by atoms with Gasteiger partial charge in [-0.2, -0.15) is 0 Å². The Balaban J connectivity index is 1.92. The molecule has 1 aromatic carbocycles. The number of amides is 1. The predicted octanol–water partition coefficient (Wildman–Crippen LogP) is 5.46. The second-order valence-electron chi connectivity index (χ2n) is 7.21. The highest BCUT2D eigenvalue weighted by molar-refractivity contribution is 9.10. The Hall–Kier alpha value is -1.86. The number of esters is 1. The fraction of sp³-hybridized carbons (Fsp3) is 0.429. The topological polar surface area (TPSA) is 64.6 Å². The number of hydrogen-bond donors (Lipinski definition) is 1. The molecule has 7 heteroatoms. The van der Waals surface area contributed by atoms with Crippen LogP contribution in [0, 0.1) is 5.92 Å². The first-order valence-corrected chi connectivity index (χ1v) is 11.0. The van der Waals surface area contributed by atoms with Crippen LogP contribution in [0.3, 0.4) is 0 Å². The van der Waals surface area contributed by atoms with Crippen molar-refractivity contribution in [3.05, 3.63) is 44.2 Å². The molecule has 1 amide bonds. The number of fused-ring (bicyclic) bond motifs is 1. The van der Waals surface area contributed by atoms with E-state index in [-0.39, 0.29) is 5.91 Å². The summed E-state index contributed by atoms with van der Waals surface area (Å²) >= 11 is 4.89. The second-order valence-corrected chi connectivity index (χ2v) is 9.23. The SMILES string of the molecule is COC(=O)c1c(NC(=O)c2cc(Br)ccc2OCC(C)C)sc2c1CCCC2. The highest BCUT2D eigenvalue weighted by Crippen LogP contribution is 2.39. The van der Waals surface area contributed by atoms with Gasteiger partial charge in [-0.25, -0.2) is 4.79 Å². The molecule has 28 heavy (non-hydrogen) atoms. The molecule has 0 spiro atoms. The minimum Gasteiger partial charge on any atom is -0.492 e. The van der Waals surface area contributed by atoms with Crippen molar-refractivity contribution in [3.8, 4) is 5.75 Å². The minimum atomic E-state index is -0.403. The summed E-state index contributed by atoms with van der Waals surface area (Å²) in [6.45, 7) is 4.62. The van der Waals surface area contributed by atoms with Gasteiger partial charge >= 0.3 is 5.97 Å². The van der Waals surface area contributed by atoms with E-state index >= 15 is 0 Å². The summed E-state index contributed by atoms with van der Waals surface area (Å²) in [5.74, 6) is 0.161. The van der Waals surface area contributed by atoms with E-state index in [1.165, 1.54) is 18.4 Å². The monoisotopic (exact) mass is 465 g/mol. The Morgan fingerprint density at radius 1 is 1.25 bits per heavy atom. The van der Waals surface area contributed by atoms with Gasteiger partial charge in [-0.15, -0.1) is 11.3 Å². The van der Waals surface area contributed by atoms with E-state index < -0.39 is 5.97 Å². The van der Waals surface area contributed by atoms with Gasteiger partial charge in [-0.05, 0) is 55.4 Å². The zero-order valence-corrected chi connectivity index (χ0v) is 18.7. The summed E-state index contributed by atoms with van der Waals surface area (Å²) < 4.78 is 11.6. The van der Waals surface area contributed by atoms with Crippen molar-refractivity contribution in [2.45, 2.75) is 39.5 Å². The van der Waals surface area contributed by atoms with Crippen molar-refractivity contribution in [1.82, 2.24) is 0 Å². The summed E-state index contributed by atoms with van der Waals surface area (Å²) in [4.78, 5) is 26.6. The van der Waals surface area contributed by atoms with E-state index in [4.69, 9.17) is 9.47 Å². The molecule has 1 heterocycles. The summed E-state index contributed by atoms with van der Waals surface area (Å²) in [6.07, 6.45) is 3.91. The van der Waals surface area contributed by atoms with E-state index in [1.54, 1.807) is 12.1 Å². The molecule has 0 radical (unpaired) electrons. The maximum absolute atomic E-state index is 13.1. The average molecular weight is 466 g/mol. The van der Waals surface area contributed by atoms with Crippen LogP contribution >= 0.6 is 27.3 Å². The first-order valence-electron chi connectivity index (χ1n) is 9.37. The molecule has 0 aliphatic heterocycles. The number of ether oxygens (including phenoxy) is 2. The van der Waals surface area contributed by atoms with Crippen LogP contribution in [0.4, 0.5) is 5.00 Å². The van der Waals surface area contributed by atoms with Gasteiger partial charge in [0.25, 0.3) is 5.91 Å². The highest BCUT2D eigenvalue weighted by Gasteiger charge is 2.27. The fourth-order valence-corrected chi connectivity index (χ4v) is 4.84. The van der Waals surface area contributed by atoms with E-state index in [1.807, 2.05) is 6.07 Å². The van der Waals surface area contributed by atoms with Crippen molar-refractivity contribution in [2.75, 3.05) is 19.0 Å². The fourth-order valence-electron chi connectivity index (χ4n) is 3.20. The summed E-state index contributed by atoms with van der Waals surface area (Å²) in [5, 5.41) is 3.49. The molecule has 0 unspecified atom stereocenters. The van der Waals surface area contributed by atoms with Crippen LogP contribution in [0.2, 0.25) is 0 Å². The molecule has 0 fully saturated rings. The Bertz CT molecular complexity index is 891. The molecule has 5 nitrogen and oxygen atoms in total. The van der Waals surface area contributed by atoms with Crippen LogP contribution < -0.4 is 10.1 Å². The van der Waals surface area contributed by atoms with E-state index in [2.05, 4.69) is 35.1 Å². The van der Waals surface area contributed by atoms with Gasteiger partial charge in [0, 0.05) is 9.35 Å². The van der Waals surface area contributed by atoms with Crippen LogP contribution in [-0.4, -0.2) is 25.6 Å². The lowest BCUT2D eigenvalue weighted by molar-refractivity contribution is 0.0601. The average Bonchev–Trinajstić information content (AvgIpc) is 3.03. The van der Waals surface area contributed by atoms with E-state index in [9.17, 15) is 9.59 Å². The maximum Gasteiger partial charge on any atom is 0.341 e. The van der Waals surface area contributed by atoms with Crippen LogP contribution in [-0.2, 0) is 17.6 Å². The number of anilines is 1. The number of carbonyl (C=O) groups is 2. The number of halogens is 1. The first kappa shape index (κ1) is 20.9. The third-order valence-electron chi connectivity index (χ3n) is 4.55. The lowest BCUT2D eigenvalue weighted by Crippen LogP contribution is -2.17. The third kappa shape index (κ3) is 4.58. The standard InChI is InChI=1S/C21H24BrNO4S/c1-12(2)11-27-16-9-8-13(22)10-15(16)19(24)23-20-18(21(25)26-3)14-6-4-5-7-17(14)28-20/h8-10,12H,4-7,11H2,1-3H3,(H,23,24). The minimum absolute atomic E-state index is 0.302. The first-order chi connectivity index (χ1) is 13.4. The van der Waals surface area contributed by atoms with Crippen LogP contribution in [0.25, 0.3) is 0 Å². The van der Waals surface area contributed by atoms with Crippen molar-refractivity contribution in [1.29, 1.82) is 0 Å². The summed E-state index contributed by atoms with van der Waals surface area (Å²) in [5.41, 5.74) is 1.94. The van der Waals surface area contributed by atoms with Gasteiger partial charge in [-0.3, -0.25) is 4.79 Å². The van der Waals surface area contributed by atoms with Crippen molar-refractivity contribution < 1.29 is 19.1 Å². The molecule has 150 valence electrons. The Morgan fingerprint density at radius 2 is 2.00 bits per heavy atom. The normalized spacial score (nSPS) is 13.2. The molecule has 0 bridgehead atoms. The summed E-state index contributed by atoms with van der Waals surface area (Å²) in [7, 11) is 1.37. The zero-order valence-electron chi connectivity index (χ0n) is 16.3. The molecule has 0 atom stereocenters. The van der Waals surface area contributed by atoms with Crippen molar-refractivity contribution in [2.24, 2.45) is 5.92 Å². The molecule has 1 aliphatic carbocycles. The van der Waals surface area contributed by atoms with Crippen LogP contribution in [0.15, 0.2) is 22.7 Å². The van der Waals surface area contributed by atoms with Gasteiger partial charge in [0.05, 0.1) is 24.8 Å². The summed E-state index contributed by atoms with van der Waals surface area (Å²) in [6, 6.07) is 5.36. The molecule has 1 aliphatic rings. The molecular formula is C21H24BrNO4S. The largest absolute Gasteiger partial charge is 0.492 e. The number of nitrogens with one attached hydrogen (secondary N) is 1. The molecule has 0 saturated heterocycles. The molecule has 2 aromatic rings. The van der Waals surface area contributed by atoms with Crippen LogP contribution in [0.5, 0.6) is 5.75 Å². The number of rotatable bonds is 6. The number of carbonyl (C=O) groups excluding carboxylic acids is 2. The lowest BCUT2D eigenvalue weighted by atomic mass is 9.95. The lowest BCUT2D eigenvalue weighted by Gasteiger charge is -2.14. The van der Waals surface area contributed by atoms with Gasteiger partial charge in [0.1, 0.15) is 10.8 Å². The van der Waals surface area contributed by atoms with Crippen molar-refractivity contribution >= 4 is 44.1 Å². The third-order valence-corrected chi connectivity index (χ3v) is 6.25. The Labute approximate surface area is 177 Å². The van der Waals surface area contributed by atoms with E-state index in [0.717, 1.165) is 40.6 Å². The second kappa shape index (κ2) is 9.09. The molecule has 3 rings (SSSR count). The van der Waals surface area contributed by atoms with Gasteiger partial charge in [0.2, 0.25) is 0 Å². The highest BCUT2D eigenvalue weighted by atomic mass is 79.9. The Morgan fingerprint density at radius 3 is 2.71 bits per heavy atom.